The minimum atomic E-state index is -0.247. The molecule has 0 saturated carbocycles. The van der Waals surface area contributed by atoms with E-state index in [2.05, 4.69) is 18.7 Å². The van der Waals surface area contributed by atoms with Crippen molar-refractivity contribution in [3.8, 4) is 0 Å². The SMILES string of the molecule is CC1CC(C)CN(C2=C(c3ccccc3)C(=O)N(Cc3ccco3)C2=O)C1. The first-order valence-corrected chi connectivity index (χ1v) is 9.47. The van der Waals surface area contributed by atoms with Gasteiger partial charge in [-0.1, -0.05) is 44.2 Å². The van der Waals surface area contributed by atoms with Crippen LogP contribution in [-0.4, -0.2) is 34.7 Å². The molecule has 1 aromatic heterocycles. The van der Waals surface area contributed by atoms with E-state index in [-0.39, 0.29) is 18.4 Å². The number of furan rings is 1. The Bertz CT molecular complexity index is 860. The number of benzene rings is 1. The molecular weight excluding hydrogens is 340 g/mol. The monoisotopic (exact) mass is 364 g/mol. The molecular formula is C22H24N2O3. The number of likely N-dealkylation sites (tertiary alicyclic amines) is 1. The van der Waals surface area contributed by atoms with Gasteiger partial charge in [-0.25, -0.2) is 0 Å². The summed E-state index contributed by atoms with van der Waals surface area (Å²) in [7, 11) is 0. The quantitative estimate of drug-likeness (QED) is 0.779. The van der Waals surface area contributed by atoms with Crippen LogP contribution in [-0.2, 0) is 16.1 Å². The van der Waals surface area contributed by atoms with Gasteiger partial charge < -0.3 is 9.32 Å². The van der Waals surface area contributed by atoms with Crippen LogP contribution in [0.3, 0.4) is 0 Å². The van der Waals surface area contributed by atoms with Crippen LogP contribution in [0.1, 0.15) is 31.6 Å². The molecule has 0 spiro atoms. The van der Waals surface area contributed by atoms with Crippen LogP contribution >= 0.6 is 0 Å². The zero-order valence-corrected chi connectivity index (χ0v) is 15.7. The summed E-state index contributed by atoms with van der Waals surface area (Å²) in [6.45, 7) is 6.15. The van der Waals surface area contributed by atoms with Gasteiger partial charge in [0.15, 0.2) is 0 Å². The van der Waals surface area contributed by atoms with E-state index in [0.717, 1.165) is 25.1 Å². The van der Waals surface area contributed by atoms with Crippen LogP contribution in [0.5, 0.6) is 0 Å². The van der Waals surface area contributed by atoms with Crippen molar-refractivity contribution < 1.29 is 14.0 Å². The molecule has 2 aliphatic heterocycles. The average Bonchev–Trinajstić information content (AvgIpc) is 3.24. The minimum Gasteiger partial charge on any atom is -0.467 e. The van der Waals surface area contributed by atoms with Crippen LogP contribution in [0, 0.1) is 11.8 Å². The van der Waals surface area contributed by atoms with Crippen LogP contribution in [0.4, 0.5) is 0 Å². The molecule has 5 heteroatoms. The molecule has 0 aliphatic carbocycles. The van der Waals surface area contributed by atoms with Gasteiger partial charge in [0.1, 0.15) is 11.5 Å². The summed E-state index contributed by atoms with van der Waals surface area (Å²) in [4.78, 5) is 30.0. The van der Waals surface area contributed by atoms with Crippen molar-refractivity contribution in [2.24, 2.45) is 11.8 Å². The van der Waals surface area contributed by atoms with Crippen LogP contribution in [0.15, 0.2) is 58.8 Å². The number of amides is 2. The van der Waals surface area contributed by atoms with E-state index in [4.69, 9.17) is 4.42 Å². The molecule has 140 valence electrons. The fourth-order valence-electron chi connectivity index (χ4n) is 4.27. The third-order valence-corrected chi connectivity index (χ3v) is 5.29. The Kier molecular flexibility index (Phi) is 4.60. The second kappa shape index (κ2) is 7.06. The van der Waals surface area contributed by atoms with Crippen molar-refractivity contribution in [1.29, 1.82) is 0 Å². The maximum Gasteiger partial charge on any atom is 0.278 e. The van der Waals surface area contributed by atoms with Crippen molar-refractivity contribution in [2.75, 3.05) is 13.1 Å². The molecule has 2 atom stereocenters. The lowest BCUT2D eigenvalue weighted by Gasteiger charge is -2.37. The highest BCUT2D eigenvalue weighted by molar-refractivity contribution is 6.35. The maximum absolute atomic E-state index is 13.3. The maximum atomic E-state index is 13.3. The number of nitrogens with zero attached hydrogens (tertiary/aromatic N) is 2. The third-order valence-electron chi connectivity index (χ3n) is 5.29. The van der Waals surface area contributed by atoms with Crippen molar-refractivity contribution in [3.05, 3.63) is 65.7 Å². The largest absolute Gasteiger partial charge is 0.467 e. The molecule has 2 aliphatic rings. The number of carbonyl (C=O) groups is 2. The van der Waals surface area contributed by atoms with E-state index in [9.17, 15) is 9.59 Å². The lowest BCUT2D eigenvalue weighted by Crippen LogP contribution is -2.41. The summed E-state index contributed by atoms with van der Waals surface area (Å²) in [6.07, 6.45) is 2.70. The minimum absolute atomic E-state index is 0.156. The first-order chi connectivity index (χ1) is 13.0. The standard InChI is InChI=1S/C22H24N2O3/c1-15-11-16(2)13-23(12-15)20-19(17-7-4-3-5-8-17)21(25)24(22(20)26)14-18-9-6-10-27-18/h3-10,15-16H,11-14H2,1-2H3. The van der Waals surface area contributed by atoms with Crippen LogP contribution in [0.25, 0.3) is 5.57 Å². The molecule has 27 heavy (non-hydrogen) atoms. The fourth-order valence-corrected chi connectivity index (χ4v) is 4.27. The number of carbonyl (C=O) groups excluding carboxylic acids is 2. The van der Waals surface area contributed by atoms with E-state index < -0.39 is 0 Å². The van der Waals surface area contributed by atoms with E-state index in [1.807, 2.05) is 30.3 Å². The Hall–Kier alpha value is -2.82. The normalized spacial score (nSPS) is 23.5. The summed E-state index contributed by atoms with van der Waals surface area (Å²) >= 11 is 0. The van der Waals surface area contributed by atoms with E-state index in [1.54, 1.807) is 18.4 Å². The predicted octanol–water partition coefficient (Wildman–Crippen LogP) is 3.54. The van der Waals surface area contributed by atoms with Crippen molar-refractivity contribution in [3.63, 3.8) is 0 Å². The summed E-state index contributed by atoms with van der Waals surface area (Å²) in [5, 5.41) is 0. The molecule has 5 nitrogen and oxygen atoms in total. The molecule has 4 rings (SSSR count). The molecule has 0 N–H and O–H groups in total. The predicted molar refractivity (Wildman–Crippen MR) is 102 cm³/mol. The number of piperidine rings is 1. The second-order valence-corrected chi connectivity index (χ2v) is 7.72. The highest BCUT2D eigenvalue weighted by Crippen LogP contribution is 2.35. The topological polar surface area (TPSA) is 53.8 Å². The molecule has 0 bridgehead atoms. The number of hydrogen-bond donors (Lipinski definition) is 0. The first kappa shape index (κ1) is 17.6. The van der Waals surface area contributed by atoms with E-state index >= 15 is 0 Å². The highest BCUT2D eigenvalue weighted by atomic mass is 16.3. The fraction of sp³-hybridized carbons (Fsp3) is 0.364. The van der Waals surface area contributed by atoms with E-state index in [0.29, 0.717) is 28.9 Å². The average molecular weight is 364 g/mol. The van der Waals surface area contributed by atoms with Crippen LogP contribution < -0.4 is 0 Å². The number of hydrogen-bond acceptors (Lipinski definition) is 4. The zero-order chi connectivity index (χ0) is 19.0. The van der Waals surface area contributed by atoms with Crippen LogP contribution in [0.2, 0.25) is 0 Å². The summed E-state index contributed by atoms with van der Waals surface area (Å²) < 4.78 is 5.37. The number of imide groups is 1. The van der Waals surface area contributed by atoms with Gasteiger partial charge in [0.05, 0.1) is 18.4 Å². The van der Waals surface area contributed by atoms with Gasteiger partial charge in [-0.3, -0.25) is 14.5 Å². The van der Waals surface area contributed by atoms with Gasteiger partial charge in [-0.05, 0) is 36.0 Å². The van der Waals surface area contributed by atoms with Gasteiger partial charge in [0.25, 0.3) is 11.8 Å². The van der Waals surface area contributed by atoms with Crippen molar-refractivity contribution in [2.45, 2.75) is 26.8 Å². The summed E-state index contributed by atoms with van der Waals surface area (Å²) in [5.74, 6) is 1.10. The molecule has 1 fully saturated rings. The Morgan fingerprint density at radius 2 is 1.67 bits per heavy atom. The van der Waals surface area contributed by atoms with Gasteiger partial charge in [0, 0.05) is 13.1 Å². The van der Waals surface area contributed by atoms with Gasteiger partial charge in [-0.15, -0.1) is 0 Å². The van der Waals surface area contributed by atoms with Crippen molar-refractivity contribution >= 4 is 17.4 Å². The lowest BCUT2D eigenvalue weighted by atomic mass is 9.91. The van der Waals surface area contributed by atoms with Gasteiger partial charge >= 0.3 is 0 Å². The van der Waals surface area contributed by atoms with Gasteiger partial charge in [-0.2, -0.15) is 0 Å². The molecule has 0 radical (unpaired) electrons. The van der Waals surface area contributed by atoms with Crippen molar-refractivity contribution in [1.82, 2.24) is 9.80 Å². The Balaban J connectivity index is 1.75. The summed E-state index contributed by atoms with van der Waals surface area (Å²) in [6, 6.07) is 13.0. The molecule has 1 aromatic carbocycles. The molecule has 3 heterocycles. The molecule has 2 aromatic rings. The molecule has 2 unspecified atom stereocenters. The van der Waals surface area contributed by atoms with E-state index in [1.165, 1.54) is 4.90 Å². The highest BCUT2D eigenvalue weighted by Gasteiger charge is 2.43. The molecule has 1 saturated heterocycles. The smallest absolute Gasteiger partial charge is 0.278 e. The van der Waals surface area contributed by atoms with Gasteiger partial charge in [0.2, 0.25) is 0 Å². The zero-order valence-electron chi connectivity index (χ0n) is 15.7. The Labute approximate surface area is 159 Å². The second-order valence-electron chi connectivity index (χ2n) is 7.72. The lowest BCUT2D eigenvalue weighted by molar-refractivity contribution is -0.138. The summed E-state index contributed by atoms with van der Waals surface area (Å²) in [5.41, 5.74) is 1.84. The number of rotatable bonds is 4. The Morgan fingerprint density at radius 3 is 2.30 bits per heavy atom. The Morgan fingerprint density at radius 1 is 0.963 bits per heavy atom. The third kappa shape index (κ3) is 3.29. The first-order valence-electron chi connectivity index (χ1n) is 9.47. The molecule has 2 amide bonds.